The van der Waals surface area contributed by atoms with Gasteiger partial charge in [0.25, 0.3) is 0 Å². The number of benzene rings is 8. The number of hydrogen-bond donors (Lipinski definition) is 0. The van der Waals surface area contributed by atoms with E-state index in [9.17, 15) is 0 Å². The van der Waals surface area contributed by atoms with Crippen LogP contribution in [0.5, 0.6) is 0 Å². The fraction of sp³-hybridized carbons (Fsp3) is 0. The summed E-state index contributed by atoms with van der Waals surface area (Å²) in [6.07, 6.45) is 0. The molecule has 0 amide bonds. The number of rotatable bonds is 5. The number of anilines is 3. The maximum absolute atomic E-state index is 2.42. The van der Waals surface area contributed by atoms with E-state index in [2.05, 4.69) is 191 Å². The molecule has 10 rings (SSSR count). The van der Waals surface area contributed by atoms with Crippen LogP contribution in [-0.2, 0) is 0 Å². The van der Waals surface area contributed by atoms with Crippen molar-refractivity contribution < 1.29 is 0 Å². The van der Waals surface area contributed by atoms with Gasteiger partial charge in [-0.3, -0.25) is 0 Å². The molecule has 0 saturated heterocycles. The van der Waals surface area contributed by atoms with Crippen LogP contribution in [0.1, 0.15) is 0 Å². The number of para-hydroxylation sites is 3. The van der Waals surface area contributed by atoms with Gasteiger partial charge in [-0.05, 0) is 71.1 Å². The lowest BCUT2D eigenvalue weighted by atomic mass is 9.96. The van der Waals surface area contributed by atoms with Crippen LogP contribution in [0.25, 0.3) is 69.6 Å². The van der Waals surface area contributed by atoms with Gasteiger partial charge in [0.05, 0.1) is 27.1 Å². The molecule has 0 aliphatic heterocycles. The van der Waals surface area contributed by atoms with Gasteiger partial charge in [0.1, 0.15) is 0 Å². The summed E-state index contributed by atoms with van der Waals surface area (Å²) in [6.45, 7) is 0. The summed E-state index contributed by atoms with van der Waals surface area (Å²) < 4.78 is 5.03. The lowest BCUT2D eigenvalue weighted by Crippen LogP contribution is -2.09. The van der Waals surface area contributed by atoms with E-state index in [1.165, 1.54) is 75.3 Å². The molecule has 2 aromatic heterocycles. The van der Waals surface area contributed by atoms with E-state index in [-0.39, 0.29) is 0 Å². The van der Waals surface area contributed by atoms with Crippen molar-refractivity contribution in [2.24, 2.45) is 0 Å². The SMILES string of the molecule is c1ccc(N(c2ccc(-c3ccc(-n4c5ccccc5c5ccccc54)c4ccccc34)cc2)c2cccc3c2sc2ccccc23)cc1. The summed E-state index contributed by atoms with van der Waals surface area (Å²) >= 11 is 1.86. The molecule has 0 bridgehead atoms. The molecular formula is C46H30N2S. The Hall–Kier alpha value is -6.16. The molecule has 2 nitrogen and oxygen atoms in total. The smallest absolute Gasteiger partial charge is 0.0640 e. The van der Waals surface area contributed by atoms with Gasteiger partial charge in [0.2, 0.25) is 0 Å². The lowest BCUT2D eigenvalue weighted by molar-refractivity contribution is 1.20. The fourth-order valence-electron chi connectivity index (χ4n) is 7.61. The van der Waals surface area contributed by atoms with Gasteiger partial charge in [-0.2, -0.15) is 0 Å². The molecule has 0 atom stereocenters. The molecule has 0 N–H and O–H groups in total. The van der Waals surface area contributed by atoms with Crippen molar-refractivity contribution in [2.45, 2.75) is 0 Å². The number of nitrogens with zero attached hydrogens (tertiary/aromatic N) is 2. The van der Waals surface area contributed by atoms with E-state index in [4.69, 9.17) is 0 Å². The summed E-state index contributed by atoms with van der Waals surface area (Å²) in [7, 11) is 0. The highest BCUT2D eigenvalue weighted by Crippen LogP contribution is 2.45. The van der Waals surface area contributed by atoms with Crippen LogP contribution in [0.15, 0.2) is 182 Å². The molecule has 230 valence electrons. The lowest BCUT2D eigenvalue weighted by Gasteiger charge is -2.26. The molecule has 8 aromatic carbocycles. The summed E-state index contributed by atoms with van der Waals surface area (Å²) in [5, 5.41) is 7.63. The van der Waals surface area contributed by atoms with Crippen molar-refractivity contribution in [3.05, 3.63) is 182 Å². The first-order valence-corrected chi connectivity index (χ1v) is 17.5. The maximum Gasteiger partial charge on any atom is 0.0640 e. The first-order valence-electron chi connectivity index (χ1n) is 16.7. The Balaban J connectivity index is 1.12. The van der Waals surface area contributed by atoms with E-state index in [1.54, 1.807) is 0 Å². The van der Waals surface area contributed by atoms with Crippen LogP contribution in [-0.4, -0.2) is 4.57 Å². The van der Waals surface area contributed by atoms with Crippen molar-refractivity contribution >= 4 is 81.1 Å². The largest absolute Gasteiger partial charge is 0.309 e. The van der Waals surface area contributed by atoms with Crippen molar-refractivity contribution in [1.82, 2.24) is 4.57 Å². The van der Waals surface area contributed by atoms with Gasteiger partial charge >= 0.3 is 0 Å². The molecule has 0 radical (unpaired) electrons. The maximum atomic E-state index is 2.42. The Morgan fingerprint density at radius 3 is 1.69 bits per heavy atom. The second-order valence-electron chi connectivity index (χ2n) is 12.5. The monoisotopic (exact) mass is 642 g/mol. The molecule has 49 heavy (non-hydrogen) atoms. The van der Waals surface area contributed by atoms with Gasteiger partial charge in [0.15, 0.2) is 0 Å². The van der Waals surface area contributed by atoms with Gasteiger partial charge < -0.3 is 9.47 Å². The average molecular weight is 643 g/mol. The molecule has 2 heterocycles. The van der Waals surface area contributed by atoms with Crippen molar-refractivity contribution in [3.63, 3.8) is 0 Å². The zero-order valence-corrected chi connectivity index (χ0v) is 27.4. The van der Waals surface area contributed by atoms with Crippen LogP contribution >= 0.6 is 11.3 Å². The zero-order valence-electron chi connectivity index (χ0n) is 26.6. The predicted octanol–water partition coefficient (Wildman–Crippen LogP) is 13.4. The summed E-state index contributed by atoms with van der Waals surface area (Å²) in [4.78, 5) is 2.39. The molecule has 0 unspecified atom stereocenters. The number of fused-ring (bicyclic) bond motifs is 7. The van der Waals surface area contributed by atoms with E-state index in [0.29, 0.717) is 0 Å². The zero-order chi connectivity index (χ0) is 32.3. The highest BCUT2D eigenvalue weighted by atomic mass is 32.1. The number of thiophene rings is 1. The standard InChI is InChI=1S/C46H30N2S/c1-2-13-32(14-3-1)47(44-23-12-20-40-39-19-8-11-24-45(39)49-46(40)44)33-27-25-31(26-28-33)34-29-30-43(36-16-5-4-15-35(34)36)48-41-21-9-6-17-37(41)38-18-7-10-22-42(38)48/h1-30H. The Kier molecular flexibility index (Phi) is 6.39. The average Bonchev–Trinajstić information content (AvgIpc) is 3.72. The van der Waals surface area contributed by atoms with Crippen molar-refractivity contribution in [3.8, 4) is 16.8 Å². The molecule has 0 fully saturated rings. The van der Waals surface area contributed by atoms with Crippen molar-refractivity contribution in [1.29, 1.82) is 0 Å². The molecule has 0 aliphatic carbocycles. The highest BCUT2D eigenvalue weighted by Gasteiger charge is 2.19. The Morgan fingerprint density at radius 1 is 0.388 bits per heavy atom. The van der Waals surface area contributed by atoms with Crippen LogP contribution in [0, 0.1) is 0 Å². The minimum Gasteiger partial charge on any atom is -0.309 e. The summed E-state index contributed by atoms with van der Waals surface area (Å²) in [6, 6.07) is 66.1. The minimum atomic E-state index is 1.13. The second-order valence-corrected chi connectivity index (χ2v) is 13.6. The first-order chi connectivity index (χ1) is 24.3. The minimum absolute atomic E-state index is 1.13. The molecule has 0 spiro atoms. The van der Waals surface area contributed by atoms with Crippen LogP contribution in [0.4, 0.5) is 17.1 Å². The van der Waals surface area contributed by atoms with E-state index >= 15 is 0 Å². The molecular weight excluding hydrogens is 613 g/mol. The Morgan fingerprint density at radius 2 is 0.959 bits per heavy atom. The van der Waals surface area contributed by atoms with Crippen LogP contribution < -0.4 is 4.90 Å². The van der Waals surface area contributed by atoms with Crippen molar-refractivity contribution in [2.75, 3.05) is 4.90 Å². The van der Waals surface area contributed by atoms with Gasteiger partial charge in [-0.25, -0.2) is 0 Å². The van der Waals surface area contributed by atoms with E-state index in [1.807, 2.05) is 11.3 Å². The summed E-state index contributed by atoms with van der Waals surface area (Å²) in [5.41, 5.74) is 9.53. The molecule has 0 aliphatic rings. The van der Waals surface area contributed by atoms with Gasteiger partial charge in [-0.15, -0.1) is 11.3 Å². The Labute approximate surface area is 288 Å². The van der Waals surface area contributed by atoms with Gasteiger partial charge in [-0.1, -0.05) is 127 Å². The first kappa shape index (κ1) is 27.9. The number of aromatic nitrogens is 1. The van der Waals surface area contributed by atoms with Crippen LogP contribution in [0.2, 0.25) is 0 Å². The van der Waals surface area contributed by atoms with E-state index in [0.717, 1.165) is 11.4 Å². The molecule has 10 aromatic rings. The highest BCUT2D eigenvalue weighted by molar-refractivity contribution is 7.26. The third kappa shape index (κ3) is 4.40. The second kappa shape index (κ2) is 11.2. The number of hydrogen-bond acceptors (Lipinski definition) is 2. The Bertz CT molecular complexity index is 2770. The third-order valence-electron chi connectivity index (χ3n) is 9.80. The predicted molar refractivity (Wildman–Crippen MR) is 211 cm³/mol. The molecule has 3 heteroatoms. The topological polar surface area (TPSA) is 8.17 Å². The van der Waals surface area contributed by atoms with Crippen LogP contribution in [0.3, 0.4) is 0 Å². The van der Waals surface area contributed by atoms with Gasteiger partial charge in [0, 0.05) is 43.0 Å². The fourth-order valence-corrected chi connectivity index (χ4v) is 8.82. The normalized spacial score (nSPS) is 11.7. The quantitative estimate of drug-likeness (QED) is 0.181. The molecule has 0 saturated carbocycles. The van der Waals surface area contributed by atoms with E-state index < -0.39 is 0 Å². The summed E-state index contributed by atoms with van der Waals surface area (Å²) in [5.74, 6) is 0. The third-order valence-corrected chi connectivity index (χ3v) is 11.0.